The lowest BCUT2D eigenvalue weighted by Gasteiger charge is -2.12. The standard InChI is InChI=1S/C45H28N4S/c1-3-13-29(14-4-1)30-25-27-32(28-26-30)43-46-44(37-21-11-20-35-34-17-8-10-24-40(34)50-42(35)37)48-45(47-43)49-38-22-9-7-18-36(38)41-33(19-12-23-39(41)49)31-15-5-2-6-16-31/h1-28H/i2D,5D,6D,7D,9D,15D,16D,18D,22D. The maximum atomic E-state index is 9.27. The molecule has 0 N–H and O–H groups in total. The van der Waals surface area contributed by atoms with E-state index >= 15 is 0 Å². The lowest BCUT2D eigenvalue weighted by atomic mass is 9.99. The number of fused-ring (bicyclic) bond motifs is 6. The molecule has 0 aliphatic rings. The third-order valence-electron chi connectivity index (χ3n) is 8.91. The Morgan fingerprint density at radius 1 is 0.460 bits per heavy atom. The number of benzene rings is 7. The monoisotopic (exact) mass is 665 g/mol. The Morgan fingerprint density at radius 3 is 2.02 bits per heavy atom. The van der Waals surface area contributed by atoms with Crippen molar-refractivity contribution < 1.29 is 12.3 Å². The summed E-state index contributed by atoms with van der Waals surface area (Å²) in [6, 6.07) is 32.8. The highest BCUT2D eigenvalue weighted by Gasteiger charge is 2.21. The highest BCUT2D eigenvalue weighted by Crippen LogP contribution is 2.41. The predicted molar refractivity (Wildman–Crippen MR) is 209 cm³/mol. The number of rotatable bonds is 5. The van der Waals surface area contributed by atoms with E-state index in [1.165, 1.54) is 0 Å². The molecule has 0 unspecified atom stereocenters. The number of thiophene rings is 1. The first kappa shape index (κ1) is 20.8. The molecule has 234 valence electrons. The maximum absolute atomic E-state index is 9.27. The molecule has 0 spiro atoms. The van der Waals surface area contributed by atoms with Gasteiger partial charge in [-0.15, -0.1) is 11.3 Å². The van der Waals surface area contributed by atoms with Crippen LogP contribution in [0.2, 0.25) is 0 Å². The van der Waals surface area contributed by atoms with E-state index in [0.29, 0.717) is 22.7 Å². The smallest absolute Gasteiger partial charge is 0.238 e. The Bertz CT molecular complexity index is 3350. The lowest BCUT2D eigenvalue weighted by Crippen LogP contribution is -2.06. The average Bonchev–Trinajstić information content (AvgIpc) is 3.83. The van der Waals surface area contributed by atoms with Crippen LogP contribution in [0.4, 0.5) is 0 Å². The van der Waals surface area contributed by atoms with Crippen LogP contribution in [0, 0.1) is 0 Å². The molecule has 0 fully saturated rings. The van der Waals surface area contributed by atoms with Crippen LogP contribution < -0.4 is 0 Å². The van der Waals surface area contributed by atoms with Crippen molar-refractivity contribution >= 4 is 53.3 Å². The molecule has 0 bridgehead atoms. The molecular weight excluding hydrogens is 629 g/mol. The normalized spacial score (nSPS) is 14.1. The van der Waals surface area contributed by atoms with Crippen molar-refractivity contribution in [1.29, 1.82) is 0 Å². The van der Waals surface area contributed by atoms with Crippen LogP contribution in [-0.4, -0.2) is 19.5 Å². The summed E-state index contributed by atoms with van der Waals surface area (Å²) in [6.45, 7) is 0. The molecule has 3 heterocycles. The van der Waals surface area contributed by atoms with Crippen molar-refractivity contribution in [3.8, 4) is 51.0 Å². The van der Waals surface area contributed by atoms with Gasteiger partial charge in [-0.25, -0.2) is 4.98 Å². The van der Waals surface area contributed by atoms with E-state index in [1.54, 1.807) is 34.1 Å². The Kier molecular flexibility index (Phi) is 4.84. The van der Waals surface area contributed by atoms with Gasteiger partial charge >= 0.3 is 0 Å². The third kappa shape index (κ3) is 4.63. The molecule has 3 aromatic heterocycles. The van der Waals surface area contributed by atoms with Gasteiger partial charge in [0.05, 0.1) is 23.4 Å². The van der Waals surface area contributed by atoms with Crippen LogP contribution in [0.5, 0.6) is 0 Å². The summed E-state index contributed by atoms with van der Waals surface area (Å²) < 4.78 is 82.4. The quantitative estimate of drug-likeness (QED) is 0.184. The van der Waals surface area contributed by atoms with E-state index in [9.17, 15) is 2.74 Å². The first-order valence-corrected chi connectivity index (χ1v) is 16.8. The minimum absolute atomic E-state index is 0.0633. The van der Waals surface area contributed by atoms with Gasteiger partial charge in [-0.05, 0) is 46.5 Å². The van der Waals surface area contributed by atoms with Gasteiger partial charge in [0.15, 0.2) is 11.6 Å². The zero-order chi connectivity index (χ0) is 40.9. The summed E-state index contributed by atoms with van der Waals surface area (Å²) >= 11 is 1.62. The van der Waals surface area contributed by atoms with Crippen molar-refractivity contribution in [3.63, 3.8) is 0 Å². The molecule has 50 heavy (non-hydrogen) atoms. The number of aromatic nitrogens is 4. The number of hydrogen-bond donors (Lipinski definition) is 0. The first-order chi connectivity index (χ1) is 28.5. The molecule has 0 radical (unpaired) electrons. The highest BCUT2D eigenvalue weighted by molar-refractivity contribution is 7.26. The van der Waals surface area contributed by atoms with Crippen molar-refractivity contribution in [3.05, 3.63) is 170 Å². The topological polar surface area (TPSA) is 43.6 Å². The Balaban J connectivity index is 1.32. The van der Waals surface area contributed by atoms with Gasteiger partial charge in [0.25, 0.3) is 0 Å². The molecular formula is C45H28N4S. The fraction of sp³-hybridized carbons (Fsp3) is 0. The van der Waals surface area contributed by atoms with Crippen LogP contribution >= 0.6 is 11.3 Å². The summed E-state index contributed by atoms with van der Waals surface area (Å²) in [5.41, 5.74) is 3.98. The molecule has 0 saturated heterocycles. The molecule has 0 saturated carbocycles. The molecule has 4 nitrogen and oxygen atoms in total. The van der Waals surface area contributed by atoms with Crippen LogP contribution in [0.3, 0.4) is 0 Å². The summed E-state index contributed by atoms with van der Waals surface area (Å²) in [5.74, 6) is 0.728. The Labute approximate surface area is 305 Å². The van der Waals surface area contributed by atoms with Crippen molar-refractivity contribution in [2.75, 3.05) is 0 Å². The van der Waals surface area contributed by atoms with Gasteiger partial charge in [0.2, 0.25) is 5.95 Å². The predicted octanol–water partition coefficient (Wildman–Crippen LogP) is 12.0. The summed E-state index contributed by atoms with van der Waals surface area (Å²) in [7, 11) is 0. The van der Waals surface area contributed by atoms with Crippen LogP contribution in [-0.2, 0) is 0 Å². The summed E-state index contributed by atoms with van der Waals surface area (Å²) in [4.78, 5) is 15.2. The lowest BCUT2D eigenvalue weighted by molar-refractivity contribution is 0.954. The minimum Gasteiger partial charge on any atom is -0.278 e. The van der Waals surface area contributed by atoms with Crippen LogP contribution in [0.15, 0.2) is 170 Å². The fourth-order valence-electron chi connectivity index (χ4n) is 6.64. The van der Waals surface area contributed by atoms with E-state index in [-0.39, 0.29) is 45.4 Å². The van der Waals surface area contributed by atoms with Crippen molar-refractivity contribution in [2.45, 2.75) is 0 Å². The molecule has 0 aliphatic carbocycles. The third-order valence-corrected chi connectivity index (χ3v) is 10.1. The molecule has 10 aromatic rings. The van der Waals surface area contributed by atoms with E-state index in [0.717, 1.165) is 36.9 Å². The fourth-order valence-corrected chi connectivity index (χ4v) is 7.86. The largest absolute Gasteiger partial charge is 0.278 e. The summed E-state index contributed by atoms with van der Waals surface area (Å²) in [5, 5.41) is 2.48. The SMILES string of the molecule is [2H]c1c([2H])c([2H])c(-c2cccc3c2c2c([2H])c([2H])c([2H])c([2H])c2n3-c2nc(-c3ccc(-c4ccccc4)cc3)nc(-c3cccc4c3sc3ccccc34)n2)c([2H])c1[2H]. The Morgan fingerprint density at radius 2 is 1.14 bits per heavy atom. The first-order valence-electron chi connectivity index (χ1n) is 20.5. The average molecular weight is 666 g/mol. The molecule has 7 aromatic carbocycles. The van der Waals surface area contributed by atoms with Crippen molar-refractivity contribution in [1.82, 2.24) is 19.5 Å². The van der Waals surface area contributed by atoms with Gasteiger partial charge < -0.3 is 0 Å². The van der Waals surface area contributed by atoms with Gasteiger partial charge in [-0.2, -0.15) is 9.97 Å². The van der Waals surface area contributed by atoms with Gasteiger partial charge in [0, 0.05) is 42.1 Å². The number of nitrogens with zero attached hydrogens (tertiary/aromatic N) is 4. The molecule has 5 heteroatoms. The van der Waals surface area contributed by atoms with E-state index in [1.807, 2.05) is 78.9 Å². The molecule has 10 rings (SSSR count). The van der Waals surface area contributed by atoms with E-state index < -0.39 is 42.3 Å². The second kappa shape index (κ2) is 11.6. The molecule has 0 aliphatic heterocycles. The second-order valence-electron chi connectivity index (χ2n) is 11.8. The summed E-state index contributed by atoms with van der Waals surface area (Å²) in [6.07, 6.45) is 0. The minimum atomic E-state index is -0.545. The maximum Gasteiger partial charge on any atom is 0.238 e. The molecule has 0 atom stereocenters. The van der Waals surface area contributed by atoms with E-state index in [4.69, 9.17) is 24.5 Å². The number of para-hydroxylation sites is 1. The highest BCUT2D eigenvalue weighted by atomic mass is 32.1. The van der Waals surface area contributed by atoms with Crippen LogP contribution in [0.1, 0.15) is 12.3 Å². The van der Waals surface area contributed by atoms with Crippen molar-refractivity contribution in [2.24, 2.45) is 0 Å². The zero-order valence-corrected chi connectivity index (χ0v) is 27.0. The van der Waals surface area contributed by atoms with E-state index in [2.05, 4.69) is 18.2 Å². The Hall–Kier alpha value is -6.43. The second-order valence-corrected chi connectivity index (χ2v) is 12.8. The zero-order valence-electron chi connectivity index (χ0n) is 35.2. The number of hydrogen-bond acceptors (Lipinski definition) is 4. The van der Waals surface area contributed by atoms with Gasteiger partial charge in [-0.3, -0.25) is 4.57 Å². The molecule has 0 amide bonds. The van der Waals surface area contributed by atoms with Crippen LogP contribution in [0.25, 0.3) is 93.0 Å². The van der Waals surface area contributed by atoms with Gasteiger partial charge in [-0.1, -0.05) is 145 Å². The van der Waals surface area contributed by atoms with Gasteiger partial charge in [0.1, 0.15) is 0 Å².